The molecule has 4 heterocycles. The molecule has 0 saturated carbocycles. The molecule has 2 atom stereocenters. The van der Waals surface area contributed by atoms with E-state index < -0.39 is 0 Å². The van der Waals surface area contributed by atoms with Gasteiger partial charge in [0.25, 0.3) is 0 Å². The summed E-state index contributed by atoms with van der Waals surface area (Å²) in [5, 5.41) is 7.10. The molecule has 5 rings (SSSR count). The van der Waals surface area contributed by atoms with Gasteiger partial charge in [0.15, 0.2) is 5.11 Å². The van der Waals surface area contributed by atoms with E-state index in [9.17, 15) is 4.79 Å². The average molecular weight is 511 g/mol. The fourth-order valence-corrected chi connectivity index (χ4v) is 5.32. The minimum Gasteiger partial charge on any atom is -0.352 e. The second-order valence-electron chi connectivity index (χ2n) is 9.33. The predicted molar refractivity (Wildman–Crippen MR) is 150 cm³/mol. The fourth-order valence-electron chi connectivity index (χ4n) is 4.99. The Bertz CT molecular complexity index is 1400. The van der Waals surface area contributed by atoms with E-state index >= 15 is 0 Å². The number of thiocarbonyl (C=S) groups is 1. The quantitative estimate of drug-likeness (QED) is 0.333. The third-order valence-corrected chi connectivity index (χ3v) is 7.13. The number of carbonyl (C=O) groups is 1. The van der Waals surface area contributed by atoms with Crippen LogP contribution in [-0.2, 0) is 4.79 Å². The van der Waals surface area contributed by atoms with Gasteiger partial charge < -0.3 is 20.1 Å². The summed E-state index contributed by atoms with van der Waals surface area (Å²) in [6.07, 6.45) is 3.90. The summed E-state index contributed by atoms with van der Waals surface area (Å²) >= 11 is 5.80. The molecule has 1 fully saturated rings. The van der Waals surface area contributed by atoms with Crippen molar-refractivity contribution in [2.45, 2.75) is 39.3 Å². The molecule has 1 saturated heterocycles. The first-order chi connectivity index (χ1) is 17.9. The highest BCUT2D eigenvalue weighted by molar-refractivity contribution is 7.80. The van der Waals surface area contributed by atoms with Crippen molar-refractivity contribution >= 4 is 28.9 Å². The van der Waals surface area contributed by atoms with Crippen LogP contribution in [0, 0.1) is 20.8 Å². The van der Waals surface area contributed by atoms with Crippen molar-refractivity contribution in [1.29, 1.82) is 0 Å². The molecule has 2 N–H and O–H groups in total. The molecule has 1 aromatic carbocycles. The number of pyridine rings is 2. The lowest BCUT2D eigenvalue weighted by Gasteiger charge is -2.28. The summed E-state index contributed by atoms with van der Waals surface area (Å²) in [6.45, 7) is 6.69. The van der Waals surface area contributed by atoms with E-state index in [2.05, 4.69) is 50.0 Å². The van der Waals surface area contributed by atoms with Crippen LogP contribution < -0.4 is 10.6 Å². The maximum Gasteiger partial charge on any atom is 0.226 e. The number of carbonyl (C=O) groups excluding carboxylic acids is 1. The second-order valence-corrected chi connectivity index (χ2v) is 9.72. The van der Waals surface area contributed by atoms with E-state index in [0.717, 1.165) is 39.7 Å². The average Bonchev–Trinajstić information content (AvgIpc) is 3.39. The van der Waals surface area contributed by atoms with Crippen LogP contribution in [-0.4, -0.2) is 37.0 Å². The van der Waals surface area contributed by atoms with Crippen LogP contribution in [0.3, 0.4) is 0 Å². The molecule has 1 aliphatic rings. The molecular weight excluding hydrogens is 480 g/mol. The largest absolute Gasteiger partial charge is 0.352 e. The molecule has 37 heavy (non-hydrogen) atoms. The summed E-state index contributed by atoms with van der Waals surface area (Å²) in [6, 6.07) is 21.5. The van der Waals surface area contributed by atoms with Gasteiger partial charge in [0.1, 0.15) is 5.82 Å². The monoisotopic (exact) mass is 510 g/mol. The highest BCUT2D eigenvalue weighted by Crippen LogP contribution is 2.41. The van der Waals surface area contributed by atoms with Crippen LogP contribution in [0.2, 0.25) is 0 Å². The highest BCUT2D eigenvalue weighted by Gasteiger charge is 2.41. The van der Waals surface area contributed by atoms with Gasteiger partial charge >= 0.3 is 0 Å². The van der Waals surface area contributed by atoms with Crippen LogP contribution in [0.5, 0.6) is 0 Å². The number of aryl methyl sites for hydroxylation is 2. The SMILES string of the molecule is Cc1ccc(NC(=O)CCN2C(=S)N[C@H](c3ccccn3)[C@@H]2c2cc(C)n(-c3ccccn3)c2C)cc1. The zero-order valence-electron chi connectivity index (χ0n) is 21.2. The van der Waals surface area contributed by atoms with Gasteiger partial charge in [-0.1, -0.05) is 29.8 Å². The number of nitrogens with one attached hydrogen (secondary N) is 2. The molecule has 188 valence electrons. The van der Waals surface area contributed by atoms with E-state index in [-0.39, 0.29) is 18.0 Å². The van der Waals surface area contributed by atoms with Crippen LogP contribution >= 0.6 is 12.2 Å². The minimum atomic E-state index is -0.147. The van der Waals surface area contributed by atoms with Crippen molar-refractivity contribution in [3.05, 3.63) is 107 Å². The number of anilines is 1. The molecule has 7 nitrogen and oxygen atoms in total. The van der Waals surface area contributed by atoms with Crippen LogP contribution in [0.15, 0.2) is 79.1 Å². The van der Waals surface area contributed by atoms with Gasteiger partial charge in [0, 0.05) is 42.4 Å². The summed E-state index contributed by atoms with van der Waals surface area (Å²) in [7, 11) is 0. The number of hydrogen-bond donors (Lipinski definition) is 2. The predicted octanol–water partition coefficient (Wildman–Crippen LogP) is 5.19. The van der Waals surface area contributed by atoms with Gasteiger partial charge in [-0.15, -0.1) is 0 Å². The number of rotatable bonds is 7. The molecule has 1 aliphatic heterocycles. The molecule has 1 amide bonds. The third-order valence-electron chi connectivity index (χ3n) is 6.78. The van der Waals surface area contributed by atoms with E-state index in [0.29, 0.717) is 18.1 Å². The van der Waals surface area contributed by atoms with Crippen molar-refractivity contribution in [1.82, 2.24) is 24.8 Å². The molecule has 0 unspecified atom stereocenters. The first-order valence-corrected chi connectivity index (χ1v) is 12.8. The summed E-state index contributed by atoms with van der Waals surface area (Å²) in [5.74, 6) is 0.821. The van der Waals surface area contributed by atoms with Gasteiger partial charge in [-0.2, -0.15) is 0 Å². The first kappa shape index (κ1) is 24.6. The molecule has 0 bridgehead atoms. The molecule has 3 aromatic heterocycles. The third kappa shape index (κ3) is 5.11. The van der Waals surface area contributed by atoms with Gasteiger partial charge in [-0.3, -0.25) is 9.78 Å². The summed E-state index contributed by atoms with van der Waals surface area (Å²) < 4.78 is 2.16. The molecule has 8 heteroatoms. The van der Waals surface area contributed by atoms with Crippen LogP contribution in [0.25, 0.3) is 5.82 Å². The Balaban J connectivity index is 1.45. The standard InChI is InChI=1S/C29H30N6OS/c1-19-10-12-22(13-11-19)32-26(36)14-17-34-28(27(33-29(34)37)24-8-4-6-15-30-24)23-18-20(2)35(21(23)3)25-9-5-7-16-31-25/h4-13,15-16,18,27-28H,14,17H2,1-3H3,(H,32,36)(H,33,37)/t27-,28+/m1/s1. The van der Waals surface area contributed by atoms with Gasteiger partial charge in [0.2, 0.25) is 5.91 Å². The Morgan fingerprint density at radius 1 is 1.00 bits per heavy atom. The normalized spacial score (nSPS) is 17.1. The number of aromatic nitrogens is 3. The van der Waals surface area contributed by atoms with E-state index in [1.54, 1.807) is 12.4 Å². The lowest BCUT2D eigenvalue weighted by atomic mass is 9.96. The molecule has 0 aliphatic carbocycles. The smallest absolute Gasteiger partial charge is 0.226 e. The zero-order chi connectivity index (χ0) is 25.9. The lowest BCUT2D eigenvalue weighted by Crippen LogP contribution is -2.32. The fraction of sp³-hybridized carbons (Fsp3) is 0.241. The highest BCUT2D eigenvalue weighted by atomic mass is 32.1. The number of hydrogen-bond acceptors (Lipinski definition) is 4. The van der Waals surface area contributed by atoms with Gasteiger partial charge in [0.05, 0.1) is 17.8 Å². The zero-order valence-corrected chi connectivity index (χ0v) is 22.0. The second kappa shape index (κ2) is 10.5. The topological polar surface area (TPSA) is 75.1 Å². The Morgan fingerprint density at radius 2 is 1.73 bits per heavy atom. The van der Waals surface area contributed by atoms with Crippen molar-refractivity contribution in [2.24, 2.45) is 0 Å². The van der Waals surface area contributed by atoms with E-state index in [1.165, 1.54) is 0 Å². The lowest BCUT2D eigenvalue weighted by molar-refractivity contribution is -0.116. The van der Waals surface area contributed by atoms with Crippen LogP contribution in [0.4, 0.5) is 5.69 Å². The van der Waals surface area contributed by atoms with Crippen molar-refractivity contribution in [2.75, 3.05) is 11.9 Å². The number of amides is 1. The maximum atomic E-state index is 12.8. The molecular formula is C29H30N6OS. The summed E-state index contributed by atoms with van der Waals surface area (Å²) in [4.78, 5) is 24.2. The first-order valence-electron chi connectivity index (χ1n) is 12.4. The Labute approximate surface area is 222 Å². The van der Waals surface area contributed by atoms with E-state index in [1.807, 2.05) is 67.6 Å². The molecule has 0 radical (unpaired) electrons. The number of nitrogens with zero attached hydrogens (tertiary/aromatic N) is 4. The number of benzene rings is 1. The van der Waals surface area contributed by atoms with Gasteiger partial charge in [-0.05, 0) is 81.0 Å². The Hall–Kier alpha value is -4.04. The van der Waals surface area contributed by atoms with Crippen molar-refractivity contribution in [3.63, 3.8) is 0 Å². The van der Waals surface area contributed by atoms with E-state index in [4.69, 9.17) is 12.2 Å². The van der Waals surface area contributed by atoms with Crippen molar-refractivity contribution in [3.8, 4) is 5.82 Å². The van der Waals surface area contributed by atoms with Crippen molar-refractivity contribution < 1.29 is 4.79 Å². The maximum absolute atomic E-state index is 12.8. The van der Waals surface area contributed by atoms with Gasteiger partial charge in [-0.25, -0.2) is 4.98 Å². The Morgan fingerprint density at radius 3 is 2.41 bits per heavy atom. The summed E-state index contributed by atoms with van der Waals surface area (Å²) in [5.41, 5.74) is 6.15. The van der Waals surface area contributed by atoms with Crippen LogP contribution in [0.1, 0.15) is 46.7 Å². The molecule has 0 spiro atoms. The minimum absolute atomic E-state index is 0.0503. The Kier molecular flexibility index (Phi) is 7.01. The molecule has 4 aromatic rings.